The Bertz CT molecular complexity index is 823. The second kappa shape index (κ2) is 11.0. The zero-order chi connectivity index (χ0) is 19.9. The van der Waals surface area contributed by atoms with Crippen molar-refractivity contribution in [2.75, 3.05) is 25.0 Å². The molecule has 2 amide bonds. The maximum absolute atomic E-state index is 12.9. The fourth-order valence-corrected chi connectivity index (χ4v) is 3.55. The number of nitrogens with one attached hydrogen (secondary N) is 2. The van der Waals surface area contributed by atoms with E-state index in [-0.39, 0.29) is 30.1 Å². The zero-order valence-electron chi connectivity index (χ0n) is 17.1. The number of anilines is 1. The maximum Gasteiger partial charge on any atom is 0.253 e. The van der Waals surface area contributed by atoms with Crippen molar-refractivity contribution in [1.29, 1.82) is 0 Å². The van der Waals surface area contributed by atoms with Crippen LogP contribution in [0.3, 0.4) is 0 Å². The first-order chi connectivity index (χ1) is 13.6. The number of aryl methyl sites for hydroxylation is 1. The average Bonchev–Trinajstić information content (AvgIpc) is 2.73. The van der Waals surface area contributed by atoms with Crippen LogP contribution in [0.2, 0.25) is 0 Å². The van der Waals surface area contributed by atoms with Crippen LogP contribution in [0.4, 0.5) is 5.69 Å². The standard InChI is InChI=1S/C23H29N3O2.ClH/c1-3-24-15-19-7-4-5-9-21(19)25-22(27)20-8-6-14-26(16-20)23(28)18-12-10-17(2)11-13-18;/h4-5,7,9-13,20,24H,3,6,8,14-16H2,1-2H3,(H,25,27);1H. The highest BCUT2D eigenvalue weighted by Gasteiger charge is 2.29. The molecule has 1 fully saturated rings. The summed E-state index contributed by atoms with van der Waals surface area (Å²) < 4.78 is 0. The van der Waals surface area contributed by atoms with Crippen molar-refractivity contribution in [2.24, 2.45) is 5.92 Å². The molecule has 0 saturated carbocycles. The Balaban J connectivity index is 0.00000300. The number of rotatable bonds is 6. The molecule has 5 nitrogen and oxygen atoms in total. The van der Waals surface area contributed by atoms with Gasteiger partial charge in [0.2, 0.25) is 5.91 Å². The van der Waals surface area contributed by atoms with Gasteiger partial charge in [0.1, 0.15) is 0 Å². The van der Waals surface area contributed by atoms with Crippen LogP contribution >= 0.6 is 12.4 Å². The highest BCUT2D eigenvalue weighted by Crippen LogP contribution is 2.22. The predicted octanol–water partition coefficient (Wildman–Crippen LogP) is 4.02. The third-order valence-electron chi connectivity index (χ3n) is 5.22. The summed E-state index contributed by atoms with van der Waals surface area (Å²) in [6, 6.07) is 15.5. The number of halogens is 1. The highest BCUT2D eigenvalue weighted by atomic mass is 35.5. The molecule has 156 valence electrons. The molecule has 1 aliphatic rings. The summed E-state index contributed by atoms with van der Waals surface area (Å²) in [5, 5.41) is 6.38. The van der Waals surface area contributed by atoms with E-state index in [1.54, 1.807) is 0 Å². The molecule has 1 unspecified atom stereocenters. The Kier molecular flexibility index (Phi) is 8.68. The van der Waals surface area contributed by atoms with Gasteiger partial charge in [0.15, 0.2) is 0 Å². The van der Waals surface area contributed by atoms with E-state index in [1.807, 2.05) is 60.4 Å². The first kappa shape index (κ1) is 22.9. The Morgan fingerprint density at radius 3 is 2.55 bits per heavy atom. The Hall–Kier alpha value is -2.37. The molecule has 1 heterocycles. The smallest absolute Gasteiger partial charge is 0.253 e. The third kappa shape index (κ3) is 6.05. The largest absolute Gasteiger partial charge is 0.338 e. The van der Waals surface area contributed by atoms with Crippen LogP contribution in [0.5, 0.6) is 0 Å². The minimum atomic E-state index is -0.185. The van der Waals surface area contributed by atoms with Crippen LogP contribution < -0.4 is 10.6 Å². The Morgan fingerprint density at radius 1 is 1.10 bits per heavy atom. The van der Waals surface area contributed by atoms with E-state index < -0.39 is 0 Å². The number of carbonyl (C=O) groups excluding carboxylic acids is 2. The van der Waals surface area contributed by atoms with Gasteiger partial charge in [0, 0.05) is 30.9 Å². The summed E-state index contributed by atoms with van der Waals surface area (Å²) in [4.78, 5) is 27.5. The summed E-state index contributed by atoms with van der Waals surface area (Å²) in [5.41, 5.74) is 3.72. The van der Waals surface area contributed by atoms with Gasteiger partial charge >= 0.3 is 0 Å². The van der Waals surface area contributed by atoms with Crippen molar-refractivity contribution in [3.8, 4) is 0 Å². The van der Waals surface area contributed by atoms with Gasteiger partial charge in [-0.3, -0.25) is 9.59 Å². The normalized spacial score (nSPS) is 16.1. The molecule has 2 aromatic carbocycles. The summed E-state index contributed by atoms with van der Waals surface area (Å²) in [5.74, 6) is -0.189. The van der Waals surface area contributed by atoms with E-state index >= 15 is 0 Å². The molecular weight excluding hydrogens is 386 g/mol. The highest BCUT2D eigenvalue weighted by molar-refractivity contribution is 5.96. The van der Waals surface area contributed by atoms with E-state index in [9.17, 15) is 9.59 Å². The van der Waals surface area contributed by atoms with E-state index in [1.165, 1.54) is 0 Å². The lowest BCUT2D eigenvalue weighted by Crippen LogP contribution is -2.43. The molecule has 0 bridgehead atoms. The van der Waals surface area contributed by atoms with E-state index in [4.69, 9.17) is 0 Å². The van der Waals surface area contributed by atoms with Crippen LogP contribution in [-0.2, 0) is 11.3 Å². The maximum atomic E-state index is 12.9. The van der Waals surface area contributed by atoms with Gasteiger partial charge in [-0.05, 0) is 50.1 Å². The molecule has 1 atom stereocenters. The molecule has 29 heavy (non-hydrogen) atoms. The second-order valence-corrected chi connectivity index (χ2v) is 7.38. The summed E-state index contributed by atoms with van der Waals surface area (Å²) in [7, 11) is 0. The number of likely N-dealkylation sites (tertiary alicyclic amines) is 1. The van der Waals surface area contributed by atoms with Crippen molar-refractivity contribution >= 4 is 29.9 Å². The molecular formula is C23H30ClN3O2. The van der Waals surface area contributed by atoms with Crippen LogP contribution in [0.1, 0.15) is 41.3 Å². The summed E-state index contributed by atoms with van der Waals surface area (Å²) in [6.07, 6.45) is 1.65. The minimum absolute atomic E-state index is 0. The average molecular weight is 416 g/mol. The van der Waals surface area contributed by atoms with Gasteiger partial charge in [-0.1, -0.05) is 42.8 Å². The Morgan fingerprint density at radius 2 is 1.83 bits per heavy atom. The first-order valence-electron chi connectivity index (χ1n) is 10.0. The van der Waals surface area contributed by atoms with Gasteiger partial charge < -0.3 is 15.5 Å². The first-order valence-corrected chi connectivity index (χ1v) is 10.0. The fraction of sp³-hybridized carbons (Fsp3) is 0.391. The molecule has 1 aliphatic heterocycles. The van der Waals surface area contributed by atoms with Crippen molar-refractivity contribution < 1.29 is 9.59 Å². The lowest BCUT2D eigenvalue weighted by molar-refractivity contribution is -0.121. The lowest BCUT2D eigenvalue weighted by atomic mass is 9.96. The number of hydrogen-bond donors (Lipinski definition) is 2. The lowest BCUT2D eigenvalue weighted by Gasteiger charge is -2.32. The molecule has 1 saturated heterocycles. The molecule has 0 radical (unpaired) electrons. The molecule has 2 aromatic rings. The minimum Gasteiger partial charge on any atom is -0.338 e. The molecule has 6 heteroatoms. The van der Waals surface area contributed by atoms with E-state index in [0.717, 1.165) is 42.7 Å². The molecule has 0 spiro atoms. The number of hydrogen-bond acceptors (Lipinski definition) is 3. The third-order valence-corrected chi connectivity index (χ3v) is 5.22. The predicted molar refractivity (Wildman–Crippen MR) is 120 cm³/mol. The zero-order valence-corrected chi connectivity index (χ0v) is 17.9. The number of piperidine rings is 1. The number of para-hydroxylation sites is 1. The number of carbonyl (C=O) groups is 2. The summed E-state index contributed by atoms with van der Waals surface area (Å²) >= 11 is 0. The van der Waals surface area contributed by atoms with Crippen molar-refractivity contribution in [3.05, 3.63) is 65.2 Å². The van der Waals surface area contributed by atoms with Crippen LogP contribution in [0.15, 0.2) is 48.5 Å². The Labute approximate surface area is 179 Å². The number of benzene rings is 2. The molecule has 3 rings (SSSR count). The van der Waals surface area contributed by atoms with E-state index in [2.05, 4.69) is 17.6 Å². The van der Waals surface area contributed by atoms with Gasteiger partial charge in [-0.25, -0.2) is 0 Å². The van der Waals surface area contributed by atoms with Gasteiger partial charge in [-0.15, -0.1) is 12.4 Å². The van der Waals surface area contributed by atoms with Crippen molar-refractivity contribution in [2.45, 2.75) is 33.2 Å². The van der Waals surface area contributed by atoms with Crippen molar-refractivity contribution in [1.82, 2.24) is 10.2 Å². The van der Waals surface area contributed by atoms with Crippen molar-refractivity contribution in [3.63, 3.8) is 0 Å². The van der Waals surface area contributed by atoms with Crippen LogP contribution in [0.25, 0.3) is 0 Å². The van der Waals surface area contributed by atoms with Gasteiger partial charge in [0.05, 0.1) is 5.92 Å². The van der Waals surface area contributed by atoms with Crippen LogP contribution in [0, 0.1) is 12.8 Å². The van der Waals surface area contributed by atoms with Gasteiger partial charge in [0.25, 0.3) is 5.91 Å². The van der Waals surface area contributed by atoms with E-state index in [0.29, 0.717) is 18.7 Å². The fourth-order valence-electron chi connectivity index (χ4n) is 3.55. The van der Waals surface area contributed by atoms with Gasteiger partial charge in [-0.2, -0.15) is 0 Å². The SMILES string of the molecule is CCNCc1ccccc1NC(=O)C1CCCN(C(=O)c2ccc(C)cc2)C1.Cl. The topological polar surface area (TPSA) is 61.4 Å². The van der Waals surface area contributed by atoms with Crippen LogP contribution in [-0.4, -0.2) is 36.3 Å². The quantitative estimate of drug-likeness (QED) is 0.749. The molecule has 2 N–H and O–H groups in total. The molecule has 0 aliphatic carbocycles. The second-order valence-electron chi connectivity index (χ2n) is 7.38. The molecule has 0 aromatic heterocycles. The number of nitrogens with zero attached hydrogens (tertiary/aromatic N) is 1. The monoisotopic (exact) mass is 415 g/mol. The summed E-state index contributed by atoms with van der Waals surface area (Å²) in [6.45, 7) is 6.82. The number of amides is 2.